The van der Waals surface area contributed by atoms with Crippen LogP contribution in [-0.4, -0.2) is 92.9 Å². The number of rotatable bonds is 12. The molecule has 0 aromatic rings. The van der Waals surface area contributed by atoms with Gasteiger partial charge >= 0.3 is 11.9 Å². The molecule has 0 heterocycles. The third-order valence-electron chi connectivity index (χ3n) is 15.2. The van der Waals surface area contributed by atoms with Crippen LogP contribution >= 0.6 is 0 Å². The summed E-state index contributed by atoms with van der Waals surface area (Å²) in [6.07, 6.45) is 17.8. The zero-order valence-corrected chi connectivity index (χ0v) is 33.4. The normalized spacial score (nSPS) is 40.4. The van der Waals surface area contributed by atoms with Gasteiger partial charge in [-0.05, 0) is 159 Å². The predicted octanol–water partition coefficient (Wildman–Crippen LogP) is 5.74. The molecule has 6 aliphatic rings. The third kappa shape index (κ3) is 11.0. The highest BCUT2D eigenvalue weighted by Crippen LogP contribution is 2.49. The number of carboxylic acids is 2. The van der Waals surface area contributed by atoms with Crippen molar-refractivity contribution in [3.05, 3.63) is 0 Å². The molecule has 6 fully saturated rings. The van der Waals surface area contributed by atoms with Gasteiger partial charge in [-0.1, -0.05) is 13.8 Å². The van der Waals surface area contributed by atoms with Gasteiger partial charge in [-0.25, -0.2) is 0 Å². The van der Waals surface area contributed by atoms with Gasteiger partial charge in [-0.3, -0.25) is 19.2 Å². The number of carboxylic acid groups (broad SMARTS) is 2. The minimum Gasteiger partial charge on any atom is -0.481 e. The van der Waals surface area contributed by atoms with Gasteiger partial charge in [0.15, 0.2) is 0 Å². The van der Waals surface area contributed by atoms with Crippen LogP contribution in [0.5, 0.6) is 0 Å². The van der Waals surface area contributed by atoms with Crippen LogP contribution in [0.2, 0.25) is 0 Å². The van der Waals surface area contributed by atoms with Gasteiger partial charge < -0.3 is 40.5 Å². The number of aliphatic hydroxyl groups is 2. The molecule has 6 rings (SSSR count). The van der Waals surface area contributed by atoms with Crippen molar-refractivity contribution in [3.8, 4) is 0 Å². The Bertz CT molecular complexity index is 1200. The Morgan fingerprint density at radius 2 is 0.764 bits per heavy atom. The van der Waals surface area contributed by atoms with Gasteiger partial charge in [0.05, 0.1) is 60.3 Å². The van der Waals surface area contributed by atoms with Gasteiger partial charge in [-0.2, -0.15) is 0 Å². The lowest BCUT2D eigenvalue weighted by molar-refractivity contribution is -0.151. The number of aliphatic carboxylic acids is 2. The van der Waals surface area contributed by atoms with Crippen LogP contribution in [0.3, 0.4) is 0 Å². The van der Waals surface area contributed by atoms with Gasteiger partial charge in [0.1, 0.15) is 0 Å². The van der Waals surface area contributed by atoms with E-state index in [-0.39, 0.29) is 66.6 Å². The van der Waals surface area contributed by atoms with Crippen molar-refractivity contribution in [2.75, 3.05) is 0 Å². The Morgan fingerprint density at radius 3 is 1.07 bits per heavy atom. The lowest BCUT2D eigenvalue weighted by atomic mass is 9.60. The van der Waals surface area contributed by atoms with Crippen LogP contribution in [0, 0.1) is 40.9 Å². The second kappa shape index (κ2) is 19.0. The molecule has 6 saturated carbocycles. The first-order chi connectivity index (χ1) is 26.3. The molecular weight excluding hydrogens is 704 g/mol. The molecule has 6 atom stereocenters. The minimum absolute atomic E-state index is 0.0342. The summed E-state index contributed by atoms with van der Waals surface area (Å²) < 4.78 is 13.3. The summed E-state index contributed by atoms with van der Waals surface area (Å²) in [5.41, 5.74) is 0.268. The Labute approximate surface area is 327 Å². The van der Waals surface area contributed by atoms with Gasteiger partial charge in [0, 0.05) is 12.1 Å². The molecule has 0 aromatic carbocycles. The van der Waals surface area contributed by atoms with E-state index >= 15 is 0 Å². The van der Waals surface area contributed by atoms with Crippen LogP contribution in [-0.2, 0) is 28.7 Å². The Balaban J connectivity index is 0.848. The second-order valence-corrected chi connectivity index (χ2v) is 19.0. The summed E-state index contributed by atoms with van der Waals surface area (Å²) >= 11 is 0. The Hall–Kier alpha value is -2.28. The number of hydrogen-bond acceptors (Lipinski definition) is 8. The molecular formula is C43H70N2O10. The Kier molecular flexibility index (Phi) is 14.6. The topological polar surface area (TPSA) is 192 Å². The van der Waals surface area contributed by atoms with E-state index < -0.39 is 47.8 Å². The number of aliphatic hydroxyl groups excluding tert-OH is 2. The van der Waals surface area contributed by atoms with Crippen LogP contribution in [0.1, 0.15) is 155 Å². The lowest BCUT2D eigenvalue weighted by Crippen LogP contribution is -2.47. The highest BCUT2D eigenvalue weighted by atomic mass is 16.5. The molecule has 6 aliphatic carbocycles. The number of hydrogen-bond donors (Lipinski definition) is 6. The van der Waals surface area contributed by atoms with Crippen molar-refractivity contribution >= 4 is 23.8 Å². The first-order valence-corrected chi connectivity index (χ1v) is 22.0. The van der Waals surface area contributed by atoms with Crippen molar-refractivity contribution < 1.29 is 49.1 Å². The van der Waals surface area contributed by atoms with Gasteiger partial charge in [0.2, 0.25) is 11.8 Å². The van der Waals surface area contributed by atoms with Crippen molar-refractivity contribution in [2.45, 2.75) is 204 Å². The lowest BCUT2D eigenvalue weighted by Gasteiger charge is -2.47. The van der Waals surface area contributed by atoms with E-state index in [1.54, 1.807) is 0 Å². The monoisotopic (exact) mass is 775 g/mol. The molecule has 0 aromatic heterocycles. The summed E-state index contributed by atoms with van der Waals surface area (Å²) in [6, 6.07) is 0.0684. The molecule has 0 radical (unpaired) electrons. The maximum Gasteiger partial charge on any atom is 0.307 e. The molecule has 6 unspecified atom stereocenters. The highest BCUT2D eigenvalue weighted by molar-refractivity contribution is 5.85. The summed E-state index contributed by atoms with van der Waals surface area (Å²) in [7, 11) is 0. The van der Waals surface area contributed by atoms with Crippen molar-refractivity contribution in [1.82, 2.24) is 10.6 Å². The van der Waals surface area contributed by atoms with Crippen molar-refractivity contribution in [1.29, 1.82) is 0 Å². The zero-order valence-electron chi connectivity index (χ0n) is 33.4. The summed E-state index contributed by atoms with van der Waals surface area (Å²) in [5.74, 6) is -3.76. The minimum atomic E-state index is -0.949. The van der Waals surface area contributed by atoms with Crippen LogP contribution < -0.4 is 10.6 Å². The fourth-order valence-corrected chi connectivity index (χ4v) is 11.5. The first-order valence-electron chi connectivity index (χ1n) is 22.0. The first kappa shape index (κ1) is 42.3. The number of carbonyl (C=O) groups is 4. The largest absolute Gasteiger partial charge is 0.481 e. The number of carbonyl (C=O) groups excluding carboxylic acids is 2. The zero-order chi connectivity index (χ0) is 39.3. The van der Waals surface area contributed by atoms with E-state index in [2.05, 4.69) is 24.5 Å². The fraction of sp³-hybridized carbons (Fsp3) is 0.907. The van der Waals surface area contributed by atoms with Crippen LogP contribution in [0.25, 0.3) is 0 Å². The molecule has 0 bridgehead atoms. The smallest absolute Gasteiger partial charge is 0.307 e. The van der Waals surface area contributed by atoms with Gasteiger partial charge in [0.25, 0.3) is 0 Å². The second-order valence-electron chi connectivity index (χ2n) is 19.0. The van der Waals surface area contributed by atoms with E-state index in [1.165, 1.54) is 25.7 Å². The molecule has 0 aliphatic heterocycles. The summed E-state index contributed by atoms with van der Waals surface area (Å²) in [4.78, 5) is 49.4. The maximum atomic E-state index is 13.0. The van der Waals surface area contributed by atoms with Gasteiger partial charge in [-0.15, -0.1) is 0 Å². The van der Waals surface area contributed by atoms with Crippen molar-refractivity contribution in [2.24, 2.45) is 40.9 Å². The van der Waals surface area contributed by atoms with E-state index in [0.29, 0.717) is 37.5 Å². The maximum absolute atomic E-state index is 13.0. The molecule has 55 heavy (non-hydrogen) atoms. The summed E-state index contributed by atoms with van der Waals surface area (Å²) in [5, 5.41) is 45.5. The third-order valence-corrected chi connectivity index (χ3v) is 15.2. The average Bonchev–Trinajstić information content (AvgIpc) is 3.16. The Morgan fingerprint density at radius 1 is 0.455 bits per heavy atom. The van der Waals surface area contributed by atoms with Crippen LogP contribution in [0.15, 0.2) is 0 Å². The highest BCUT2D eigenvalue weighted by Gasteiger charge is 2.43. The quantitative estimate of drug-likeness (QED) is 0.143. The van der Waals surface area contributed by atoms with Crippen LogP contribution in [0.4, 0.5) is 0 Å². The molecule has 312 valence electrons. The number of amides is 2. The predicted molar refractivity (Wildman–Crippen MR) is 205 cm³/mol. The average molecular weight is 775 g/mol. The SMILES string of the molecule is CC(C)(C1CCC(OC2CCC(NC(=O)C3CC(O)CCC3C(=O)O)CC2)CC1)C1CCC(OC2CCC(NC(=O)C3CC(O)CCC3C(=O)O)CC2)CC1. The summed E-state index contributed by atoms with van der Waals surface area (Å²) in [6.45, 7) is 4.96. The molecule has 0 spiro atoms. The number of nitrogens with one attached hydrogen (secondary N) is 2. The molecule has 12 nitrogen and oxygen atoms in total. The fourth-order valence-electron chi connectivity index (χ4n) is 11.5. The van der Waals surface area contributed by atoms with Crippen molar-refractivity contribution in [3.63, 3.8) is 0 Å². The number of ether oxygens (including phenoxy) is 2. The van der Waals surface area contributed by atoms with E-state index in [9.17, 15) is 39.6 Å². The van der Waals surface area contributed by atoms with E-state index in [1.807, 2.05) is 0 Å². The van der Waals surface area contributed by atoms with E-state index in [4.69, 9.17) is 9.47 Å². The standard InChI is InChI=1S/C43H70N2O10/c1-43(2,25-3-13-31(14-4-25)54-33-17-7-27(8-18-33)44-39(48)37-23-29(46)11-21-35(37)41(50)51)26-5-15-32(16-6-26)55-34-19-9-28(10-20-34)45-40(49)38-24-30(47)12-22-36(38)42(52)53/h25-38,46-47H,3-24H2,1-2H3,(H,44,48)(H,45,49)(H,50,51)(H,52,53). The molecule has 6 N–H and O–H groups in total. The molecule has 12 heteroatoms. The van der Waals surface area contributed by atoms with E-state index in [0.717, 1.165) is 77.0 Å². The molecule has 0 saturated heterocycles. The molecule has 2 amide bonds.